The Bertz CT molecular complexity index is 423. The van der Waals surface area contributed by atoms with E-state index in [1.165, 1.54) is 4.90 Å². The lowest BCUT2D eigenvalue weighted by atomic mass is 10.1. The van der Waals surface area contributed by atoms with E-state index in [9.17, 15) is 9.59 Å². The van der Waals surface area contributed by atoms with Crippen LogP contribution in [0.5, 0.6) is 0 Å². The van der Waals surface area contributed by atoms with Gasteiger partial charge in [0.05, 0.1) is 11.1 Å². The van der Waals surface area contributed by atoms with Gasteiger partial charge in [-0.2, -0.15) is 0 Å². The zero-order valence-electron chi connectivity index (χ0n) is 9.65. The molecule has 0 fully saturated rings. The van der Waals surface area contributed by atoms with Crippen molar-refractivity contribution in [1.29, 1.82) is 0 Å². The van der Waals surface area contributed by atoms with E-state index in [0.29, 0.717) is 24.1 Å². The van der Waals surface area contributed by atoms with Gasteiger partial charge in [-0.25, -0.2) is 0 Å². The number of carbonyl (C=O) groups is 2. The van der Waals surface area contributed by atoms with Crippen molar-refractivity contribution in [2.75, 3.05) is 6.54 Å². The van der Waals surface area contributed by atoms with Gasteiger partial charge in [0.15, 0.2) is 0 Å². The fourth-order valence-electron chi connectivity index (χ4n) is 1.92. The highest BCUT2D eigenvalue weighted by molar-refractivity contribution is 6.22. The maximum absolute atomic E-state index is 12.0. The lowest BCUT2D eigenvalue weighted by Gasteiger charge is -2.15. The first-order valence-electron chi connectivity index (χ1n) is 5.74. The Hall–Kier alpha value is -1.35. The standard InChI is InChI=1S/C13H14ClNO2/c1-2-9(14)7-8-15-12(16)10-5-3-4-6-11(10)13(15)17/h3-6,9H,2,7-8H2,1H3. The molecule has 4 heteroatoms. The van der Waals surface area contributed by atoms with Gasteiger partial charge in [-0.15, -0.1) is 11.6 Å². The van der Waals surface area contributed by atoms with E-state index in [-0.39, 0.29) is 17.2 Å². The number of carbonyl (C=O) groups excluding carboxylic acids is 2. The Morgan fingerprint density at radius 2 is 1.71 bits per heavy atom. The van der Waals surface area contributed by atoms with Crippen molar-refractivity contribution < 1.29 is 9.59 Å². The lowest BCUT2D eigenvalue weighted by molar-refractivity contribution is 0.0652. The van der Waals surface area contributed by atoms with Crippen LogP contribution in [0.15, 0.2) is 24.3 Å². The second kappa shape index (κ2) is 4.88. The number of halogens is 1. The number of benzene rings is 1. The molecular formula is C13H14ClNO2. The molecule has 90 valence electrons. The van der Waals surface area contributed by atoms with Crippen LogP contribution in [0.1, 0.15) is 40.5 Å². The van der Waals surface area contributed by atoms with Crippen LogP contribution < -0.4 is 0 Å². The molecule has 0 N–H and O–H groups in total. The fraction of sp³-hybridized carbons (Fsp3) is 0.385. The van der Waals surface area contributed by atoms with E-state index < -0.39 is 0 Å². The molecule has 3 nitrogen and oxygen atoms in total. The topological polar surface area (TPSA) is 37.4 Å². The molecule has 0 saturated carbocycles. The van der Waals surface area contributed by atoms with E-state index in [4.69, 9.17) is 11.6 Å². The van der Waals surface area contributed by atoms with Crippen LogP contribution in [0.25, 0.3) is 0 Å². The van der Waals surface area contributed by atoms with E-state index in [1.54, 1.807) is 24.3 Å². The Kier molecular flexibility index (Phi) is 3.48. The van der Waals surface area contributed by atoms with E-state index >= 15 is 0 Å². The highest BCUT2D eigenvalue weighted by Gasteiger charge is 2.34. The molecule has 1 unspecified atom stereocenters. The Morgan fingerprint density at radius 3 is 2.18 bits per heavy atom. The number of hydrogen-bond acceptors (Lipinski definition) is 2. The van der Waals surface area contributed by atoms with Gasteiger partial charge in [0.25, 0.3) is 11.8 Å². The second-order valence-corrected chi connectivity index (χ2v) is 4.72. The summed E-state index contributed by atoms with van der Waals surface area (Å²) in [5.41, 5.74) is 1.00. The zero-order valence-corrected chi connectivity index (χ0v) is 10.4. The van der Waals surface area contributed by atoms with Gasteiger partial charge in [-0.05, 0) is 25.0 Å². The van der Waals surface area contributed by atoms with Crippen molar-refractivity contribution in [1.82, 2.24) is 4.90 Å². The average molecular weight is 252 g/mol. The molecule has 0 bridgehead atoms. The minimum absolute atomic E-state index is 0.0133. The molecule has 17 heavy (non-hydrogen) atoms. The molecule has 1 aliphatic rings. The Labute approximate surface area is 105 Å². The number of rotatable bonds is 4. The van der Waals surface area contributed by atoms with Crippen LogP contribution in [-0.4, -0.2) is 28.6 Å². The van der Waals surface area contributed by atoms with Gasteiger partial charge < -0.3 is 0 Å². The van der Waals surface area contributed by atoms with Crippen LogP contribution in [0.2, 0.25) is 0 Å². The monoisotopic (exact) mass is 251 g/mol. The molecule has 2 rings (SSSR count). The average Bonchev–Trinajstić information content (AvgIpc) is 2.60. The first kappa shape index (κ1) is 12.1. The van der Waals surface area contributed by atoms with Crippen LogP contribution in [0, 0.1) is 0 Å². The molecule has 1 aromatic rings. The van der Waals surface area contributed by atoms with Crippen LogP contribution >= 0.6 is 11.6 Å². The minimum atomic E-state index is -0.203. The highest BCUT2D eigenvalue weighted by Crippen LogP contribution is 2.23. The normalized spacial score (nSPS) is 16.2. The molecular weight excluding hydrogens is 238 g/mol. The number of nitrogens with zero attached hydrogens (tertiary/aromatic N) is 1. The molecule has 2 amide bonds. The third kappa shape index (κ3) is 2.20. The Balaban J connectivity index is 2.13. The molecule has 1 aliphatic heterocycles. The zero-order chi connectivity index (χ0) is 12.4. The molecule has 0 aliphatic carbocycles. The molecule has 1 heterocycles. The number of alkyl halides is 1. The summed E-state index contributed by atoms with van der Waals surface area (Å²) in [6, 6.07) is 6.91. The predicted octanol–water partition coefficient (Wildman–Crippen LogP) is 2.69. The number of fused-ring (bicyclic) bond motifs is 1. The van der Waals surface area contributed by atoms with Crippen LogP contribution in [0.4, 0.5) is 0 Å². The molecule has 0 radical (unpaired) electrons. The number of hydrogen-bond donors (Lipinski definition) is 0. The van der Waals surface area contributed by atoms with Crippen molar-refractivity contribution in [2.24, 2.45) is 0 Å². The summed E-state index contributed by atoms with van der Waals surface area (Å²) in [5.74, 6) is -0.406. The van der Waals surface area contributed by atoms with E-state index in [2.05, 4.69) is 0 Å². The maximum Gasteiger partial charge on any atom is 0.261 e. The minimum Gasteiger partial charge on any atom is -0.274 e. The molecule has 0 aromatic heterocycles. The van der Waals surface area contributed by atoms with Gasteiger partial charge in [0.2, 0.25) is 0 Å². The summed E-state index contributed by atoms with van der Waals surface area (Å²) in [6.07, 6.45) is 1.48. The maximum atomic E-state index is 12.0. The highest BCUT2D eigenvalue weighted by atomic mass is 35.5. The molecule has 0 spiro atoms. The fourth-order valence-corrected chi connectivity index (χ4v) is 2.01. The third-order valence-electron chi connectivity index (χ3n) is 2.99. The number of imide groups is 1. The van der Waals surface area contributed by atoms with E-state index in [1.807, 2.05) is 6.92 Å². The van der Waals surface area contributed by atoms with Gasteiger partial charge in [-0.1, -0.05) is 19.1 Å². The smallest absolute Gasteiger partial charge is 0.261 e. The second-order valence-electron chi connectivity index (χ2n) is 4.10. The van der Waals surface area contributed by atoms with Crippen LogP contribution in [0.3, 0.4) is 0 Å². The summed E-state index contributed by atoms with van der Waals surface area (Å²) >= 11 is 6.00. The quantitative estimate of drug-likeness (QED) is 0.610. The summed E-state index contributed by atoms with van der Waals surface area (Å²) < 4.78 is 0. The molecule has 1 aromatic carbocycles. The van der Waals surface area contributed by atoms with Gasteiger partial charge in [0, 0.05) is 11.9 Å². The predicted molar refractivity (Wildman–Crippen MR) is 66.4 cm³/mol. The van der Waals surface area contributed by atoms with Crippen molar-refractivity contribution in [3.63, 3.8) is 0 Å². The third-order valence-corrected chi connectivity index (χ3v) is 3.51. The molecule has 1 atom stereocenters. The van der Waals surface area contributed by atoms with Crippen molar-refractivity contribution >= 4 is 23.4 Å². The summed E-state index contributed by atoms with van der Waals surface area (Å²) in [6.45, 7) is 2.38. The largest absolute Gasteiger partial charge is 0.274 e. The van der Waals surface area contributed by atoms with Gasteiger partial charge in [-0.3, -0.25) is 14.5 Å². The number of amides is 2. The van der Waals surface area contributed by atoms with Crippen molar-refractivity contribution in [3.05, 3.63) is 35.4 Å². The van der Waals surface area contributed by atoms with E-state index in [0.717, 1.165) is 6.42 Å². The summed E-state index contributed by atoms with van der Waals surface area (Å²) in [7, 11) is 0. The first-order chi connectivity index (χ1) is 8.15. The summed E-state index contributed by atoms with van der Waals surface area (Å²) in [5, 5.41) is 0.0133. The summed E-state index contributed by atoms with van der Waals surface area (Å²) in [4.78, 5) is 25.2. The van der Waals surface area contributed by atoms with Gasteiger partial charge >= 0.3 is 0 Å². The van der Waals surface area contributed by atoms with Gasteiger partial charge in [0.1, 0.15) is 0 Å². The lowest BCUT2D eigenvalue weighted by Crippen LogP contribution is -2.31. The molecule has 0 saturated heterocycles. The Morgan fingerprint density at radius 1 is 1.18 bits per heavy atom. The van der Waals surface area contributed by atoms with Crippen molar-refractivity contribution in [2.45, 2.75) is 25.1 Å². The van der Waals surface area contributed by atoms with Crippen molar-refractivity contribution in [3.8, 4) is 0 Å². The SMILES string of the molecule is CCC(Cl)CCN1C(=O)c2ccccc2C1=O. The van der Waals surface area contributed by atoms with Crippen LogP contribution in [-0.2, 0) is 0 Å². The first-order valence-corrected chi connectivity index (χ1v) is 6.18.